The summed E-state index contributed by atoms with van der Waals surface area (Å²) in [5, 5.41) is 4.81. The molecule has 1 heterocycles. The maximum absolute atomic E-state index is 6.26. The van der Waals surface area contributed by atoms with Gasteiger partial charge in [0.1, 0.15) is 5.82 Å². The Kier molecular flexibility index (Phi) is 5.35. The van der Waals surface area contributed by atoms with Crippen LogP contribution in [0.25, 0.3) is 0 Å². The first kappa shape index (κ1) is 15.2. The molecule has 1 unspecified atom stereocenters. The lowest BCUT2D eigenvalue weighted by atomic mass is 10.0. The Hall–Kier alpha value is -1.16. The van der Waals surface area contributed by atoms with E-state index >= 15 is 0 Å². The molecule has 0 amide bonds. The molecule has 0 spiro atoms. The molecule has 0 fully saturated rings. The molecule has 0 aliphatic carbocycles. The van der Waals surface area contributed by atoms with Crippen molar-refractivity contribution in [2.45, 2.75) is 32.9 Å². The van der Waals surface area contributed by atoms with Crippen molar-refractivity contribution in [2.24, 2.45) is 0 Å². The fourth-order valence-corrected chi connectivity index (χ4v) is 2.63. The minimum Gasteiger partial charge on any atom is -0.304 e. The molecule has 106 valence electrons. The van der Waals surface area contributed by atoms with Gasteiger partial charge >= 0.3 is 0 Å². The Bertz CT molecular complexity index is 587. The molecule has 3 nitrogen and oxygen atoms in total. The molecule has 2 aromatic rings. The average molecular weight is 310 g/mol. The van der Waals surface area contributed by atoms with E-state index in [9.17, 15) is 0 Å². The van der Waals surface area contributed by atoms with Crippen molar-refractivity contribution in [1.82, 2.24) is 15.3 Å². The van der Waals surface area contributed by atoms with E-state index in [1.807, 2.05) is 25.1 Å². The number of halogens is 2. The van der Waals surface area contributed by atoms with Crippen LogP contribution in [0, 0.1) is 6.92 Å². The van der Waals surface area contributed by atoms with Crippen LogP contribution in [-0.4, -0.2) is 9.97 Å². The van der Waals surface area contributed by atoms with Crippen molar-refractivity contribution in [3.05, 3.63) is 57.6 Å². The van der Waals surface area contributed by atoms with Gasteiger partial charge in [-0.05, 0) is 37.1 Å². The van der Waals surface area contributed by atoms with Gasteiger partial charge in [-0.3, -0.25) is 0 Å². The number of benzene rings is 1. The normalized spacial score (nSPS) is 12.4. The van der Waals surface area contributed by atoms with Gasteiger partial charge < -0.3 is 5.32 Å². The summed E-state index contributed by atoms with van der Waals surface area (Å²) in [7, 11) is 0. The predicted octanol–water partition coefficient (Wildman–Crippen LogP) is 4.33. The zero-order chi connectivity index (χ0) is 14.5. The third-order valence-corrected chi connectivity index (χ3v) is 3.67. The number of aryl methyl sites for hydroxylation is 1. The van der Waals surface area contributed by atoms with Crippen LogP contribution in [-0.2, 0) is 6.54 Å². The fourth-order valence-electron chi connectivity index (χ4n) is 2.09. The number of nitrogens with one attached hydrogen (secondary N) is 1. The minimum absolute atomic E-state index is 0.176. The summed E-state index contributed by atoms with van der Waals surface area (Å²) >= 11 is 12.2. The number of hydrogen-bond donors (Lipinski definition) is 1. The summed E-state index contributed by atoms with van der Waals surface area (Å²) in [6.07, 6.45) is 2.71. The van der Waals surface area contributed by atoms with Crippen LogP contribution < -0.4 is 5.32 Å². The molecule has 0 saturated carbocycles. The average Bonchev–Trinajstić information content (AvgIpc) is 2.41. The van der Waals surface area contributed by atoms with Gasteiger partial charge in [0.25, 0.3) is 0 Å². The van der Waals surface area contributed by atoms with E-state index in [4.69, 9.17) is 23.2 Å². The first-order chi connectivity index (χ1) is 9.60. The fraction of sp³-hybridized carbons (Fsp3) is 0.333. The highest BCUT2D eigenvalue weighted by Crippen LogP contribution is 2.28. The van der Waals surface area contributed by atoms with E-state index in [-0.39, 0.29) is 6.04 Å². The second-order valence-corrected chi connectivity index (χ2v) is 5.45. The van der Waals surface area contributed by atoms with Gasteiger partial charge in [-0.25, -0.2) is 9.97 Å². The topological polar surface area (TPSA) is 37.8 Å². The quantitative estimate of drug-likeness (QED) is 0.893. The van der Waals surface area contributed by atoms with Gasteiger partial charge in [-0.15, -0.1) is 0 Å². The number of nitrogens with zero attached hydrogens (tertiary/aromatic N) is 2. The molecule has 5 heteroatoms. The molecular weight excluding hydrogens is 293 g/mol. The van der Waals surface area contributed by atoms with Crippen LogP contribution >= 0.6 is 23.2 Å². The summed E-state index contributed by atoms with van der Waals surface area (Å²) in [5.74, 6) is 0.780. The van der Waals surface area contributed by atoms with Gasteiger partial charge in [-0.2, -0.15) is 0 Å². The van der Waals surface area contributed by atoms with Gasteiger partial charge in [-0.1, -0.05) is 36.2 Å². The smallest absolute Gasteiger partial charge is 0.125 e. The van der Waals surface area contributed by atoms with Crippen molar-refractivity contribution in [3.8, 4) is 0 Å². The Balaban J connectivity index is 2.09. The maximum atomic E-state index is 6.26. The van der Waals surface area contributed by atoms with Gasteiger partial charge in [0.2, 0.25) is 0 Å². The van der Waals surface area contributed by atoms with E-state index in [2.05, 4.69) is 22.2 Å². The van der Waals surface area contributed by atoms with Crippen molar-refractivity contribution in [2.75, 3.05) is 0 Å². The minimum atomic E-state index is 0.176. The zero-order valence-corrected chi connectivity index (χ0v) is 13.0. The van der Waals surface area contributed by atoms with Crippen LogP contribution in [0.15, 0.2) is 30.5 Å². The summed E-state index contributed by atoms with van der Waals surface area (Å²) in [6.45, 7) is 4.69. The van der Waals surface area contributed by atoms with Crippen LogP contribution in [0.4, 0.5) is 0 Å². The summed E-state index contributed by atoms with van der Waals surface area (Å²) in [5.41, 5.74) is 2.03. The second-order valence-electron chi connectivity index (χ2n) is 4.60. The number of hydrogen-bond acceptors (Lipinski definition) is 3. The lowest BCUT2D eigenvalue weighted by Crippen LogP contribution is -2.21. The lowest BCUT2D eigenvalue weighted by Gasteiger charge is -2.18. The molecule has 1 N–H and O–H groups in total. The molecule has 0 bridgehead atoms. The monoisotopic (exact) mass is 309 g/mol. The van der Waals surface area contributed by atoms with Crippen LogP contribution in [0.3, 0.4) is 0 Å². The molecule has 0 radical (unpaired) electrons. The zero-order valence-electron chi connectivity index (χ0n) is 11.5. The first-order valence-electron chi connectivity index (χ1n) is 6.57. The van der Waals surface area contributed by atoms with Crippen molar-refractivity contribution >= 4 is 23.2 Å². The summed E-state index contributed by atoms with van der Waals surface area (Å²) < 4.78 is 0. The Morgan fingerprint density at radius 1 is 1.25 bits per heavy atom. The number of aromatic nitrogens is 2. The Labute approximate surface area is 129 Å². The molecule has 1 atom stereocenters. The van der Waals surface area contributed by atoms with Crippen LogP contribution in [0.2, 0.25) is 10.0 Å². The maximum Gasteiger partial charge on any atom is 0.125 e. The van der Waals surface area contributed by atoms with Crippen molar-refractivity contribution in [1.29, 1.82) is 0 Å². The SMILES string of the molecule is CCC(NCc1ccnc(C)n1)c1ccc(Cl)cc1Cl. The summed E-state index contributed by atoms with van der Waals surface area (Å²) in [6, 6.07) is 7.70. The van der Waals surface area contributed by atoms with E-state index in [1.165, 1.54) is 0 Å². The van der Waals surface area contributed by atoms with E-state index < -0.39 is 0 Å². The third kappa shape index (κ3) is 3.92. The van der Waals surface area contributed by atoms with E-state index in [0.717, 1.165) is 23.5 Å². The van der Waals surface area contributed by atoms with E-state index in [0.29, 0.717) is 16.6 Å². The van der Waals surface area contributed by atoms with Crippen molar-refractivity contribution in [3.63, 3.8) is 0 Å². The second kappa shape index (κ2) is 7.02. The molecule has 0 aliphatic heterocycles. The highest BCUT2D eigenvalue weighted by Gasteiger charge is 2.13. The molecular formula is C15H17Cl2N3. The molecule has 0 saturated heterocycles. The number of rotatable bonds is 5. The first-order valence-corrected chi connectivity index (χ1v) is 7.32. The standard InChI is InChI=1S/C15H17Cl2N3/c1-3-15(13-5-4-11(16)8-14(13)17)19-9-12-6-7-18-10(2)20-12/h4-8,15,19H,3,9H2,1-2H3. The largest absolute Gasteiger partial charge is 0.304 e. The highest BCUT2D eigenvalue weighted by atomic mass is 35.5. The van der Waals surface area contributed by atoms with Gasteiger partial charge in [0.15, 0.2) is 0 Å². The molecule has 20 heavy (non-hydrogen) atoms. The Morgan fingerprint density at radius 3 is 2.70 bits per heavy atom. The molecule has 1 aromatic heterocycles. The molecule has 1 aromatic carbocycles. The van der Waals surface area contributed by atoms with E-state index in [1.54, 1.807) is 12.3 Å². The molecule has 2 rings (SSSR count). The Morgan fingerprint density at radius 2 is 2.05 bits per heavy atom. The predicted molar refractivity (Wildman–Crippen MR) is 83.1 cm³/mol. The van der Waals surface area contributed by atoms with Gasteiger partial charge in [0, 0.05) is 28.8 Å². The van der Waals surface area contributed by atoms with Crippen LogP contribution in [0.5, 0.6) is 0 Å². The third-order valence-electron chi connectivity index (χ3n) is 3.11. The van der Waals surface area contributed by atoms with Crippen molar-refractivity contribution < 1.29 is 0 Å². The molecule has 0 aliphatic rings. The summed E-state index contributed by atoms with van der Waals surface area (Å²) in [4.78, 5) is 8.48. The lowest BCUT2D eigenvalue weighted by molar-refractivity contribution is 0.513. The van der Waals surface area contributed by atoms with Gasteiger partial charge in [0.05, 0.1) is 5.69 Å². The van der Waals surface area contributed by atoms with Crippen LogP contribution in [0.1, 0.15) is 36.5 Å². The highest BCUT2D eigenvalue weighted by molar-refractivity contribution is 6.35.